The van der Waals surface area contributed by atoms with Gasteiger partial charge in [0, 0.05) is 96.0 Å². The number of amides is 12. The van der Waals surface area contributed by atoms with E-state index in [-0.39, 0.29) is 116 Å². The Hall–Kier alpha value is -7.05. The number of carbonyl (C=O) groups is 12. The topological polar surface area (TPSA) is 289 Å². The molecule has 3 aliphatic heterocycles. The smallest absolute Gasteiger partial charge is 0.381 e. The molecule has 26 nitrogen and oxygen atoms in total. The third kappa shape index (κ3) is 21.5. The number of rotatable bonds is 15. The molecule has 3 saturated carbocycles. The largest absolute Gasteiger partial charge is 0.394 e. The summed E-state index contributed by atoms with van der Waals surface area (Å²) in [7, 11) is 12.2. The highest BCUT2D eigenvalue weighted by atomic mass is 19.4. The second kappa shape index (κ2) is 37.4. The Kier molecular flexibility index (Phi) is 31.0. The van der Waals surface area contributed by atoms with Crippen LogP contribution in [0.2, 0.25) is 0 Å². The third-order valence-electron chi connectivity index (χ3n) is 23.4. The lowest BCUT2D eigenvalue weighted by molar-refractivity contribution is -0.215. The van der Waals surface area contributed by atoms with Gasteiger partial charge in [0.25, 0.3) is 0 Å². The van der Waals surface area contributed by atoms with Crippen LogP contribution in [0.15, 0.2) is 12.2 Å². The van der Waals surface area contributed by atoms with E-state index in [1.807, 2.05) is 34.6 Å². The summed E-state index contributed by atoms with van der Waals surface area (Å²) in [5, 5.41) is 8.66. The first-order chi connectivity index (χ1) is 49.5. The van der Waals surface area contributed by atoms with Gasteiger partial charge in [0.15, 0.2) is 0 Å². The van der Waals surface area contributed by atoms with E-state index in [4.69, 9.17) is 9.47 Å². The Morgan fingerprint density at radius 2 is 1.32 bits per heavy atom. The molecule has 1 spiro atoms. The fraction of sp³-hybridized carbons (Fsp3) is 0.813. The Morgan fingerprint density at radius 1 is 0.689 bits per heavy atom. The van der Waals surface area contributed by atoms with Crippen molar-refractivity contribution < 1.29 is 89.0 Å². The van der Waals surface area contributed by atoms with E-state index in [1.165, 1.54) is 83.1 Å². The first-order valence-electron chi connectivity index (χ1n) is 38.0. The molecule has 0 aromatic heterocycles. The van der Waals surface area contributed by atoms with Crippen molar-refractivity contribution in [3.05, 3.63) is 12.2 Å². The van der Waals surface area contributed by atoms with E-state index in [0.29, 0.717) is 19.3 Å². The van der Waals surface area contributed by atoms with Crippen LogP contribution in [0.4, 0.5) is 22.0 Å². The zero-order chi connectivity index (χ0) is 79.4. The van der Waals surface area contributed by atoms with Gasteiger partial charge in [-0.15, -0.1) is 0 Å². The molecule has 31 heteroatoms. The number of nitrogens with one attached hydrogen (secondary N) is 3. The van der Waals surface area contributed by atoms with Crippen molar-refractivity contribution in [3.63, 3.8) is 0 Å². The second-order valence-corrected chi connectivity index (χ2v) is 32.1. The van der Waals surface area contributed by atoms with E-state index in [9.17, 15) is 50.7 Å². The average Bonchev–Trinajstić information content (AvgIpc) is 0.954. The molecule has 2 bridgehead atoms. The minimum atomic E-state index is -4.55. The molecule has 12 amide bonds. The summed E-state index contributed by atoms with van der Waals surface area (Å²) in [6, 6.07) is -11.0. The van der Waals surface area contributed by atoms with Gasteiger partial charge in [-0.05, 0) is 125 Å². The monoisotopic (exact) mass is 1510 g/mol. The second-order valence-electron chi connectivity index (χ2n) is 32.1. The van der Waals surface area contributed by atoms with Crippen LogP contribution in [-0.4, -0.2) is 290 Å². The number of fused-ring (bicyclic) bond motifs is 3. The minimum absolute atomic E-state index is 0.00428. The highest BCUT2D eigenvalue weighted by Crippen LogP contribution is 2.50. The molecule has 3 N–H and O–H groups in total. The van der Waals surface area contributed by atoms with Crippen LogP contribution in [0, 0.1) is 40.9 Å². The maximum absolute atomic E-state index is 15.7. The Bertz CT molecular complexity index is 3150. The van der Waals surface area contributed by atoms with Crippen LogP contribution in [0.3, 0.4) is 0 Å². The van der Waals surface area contributed by atoms with Gasteiger partial charge in [-0.3, -0.25) is 57.5 Å². The summed E-state index contributed by atoms with van der Waals surface area (Å²) in [4.78, 5) is 192. The molecule has 0 aromatic rings. The lowest BCUT2D eigenvalue weighted by Crippen LogP contribution is -2.71. The summed E-state index contributed by atoms with van der Waals surface area (Å²) in [6.45, 7) is 12.7. The number of nitrogens with zero attached hydrogens (tertiary/aromatic N) is 9. The highest BCUT2D eigenvalue weighted by molar-refractivity contribution is 6.01. The number of hydrogen-bond donors (Lipinski definition) is 3. The van der Waals surface area contributed by atoms with E-state index in [0.717, 1.165) is 24.5 Å². The number of likely N-dealkylation sites (N-methyl/N-ethyl adjacent to an activating group) is 7. The molecule has 600 valence electrons. The normalized spacial score (nSPS) is 30.3. The predicted octanol–water partition coefficient (Wildman–Crippen LogP) is 5.64. The van der Waals surface area contributed by atoms with Crippen molar-refractivity contribution in [2.75, 3.05) is 103 Å². The molecule has 3 unspecified atom stereocenters. The van der Waals surface area contributed by atoms with Gasteiger partial charge in [-0.2, -0.15) is 13.2 Å². The molecule has 3 aliphatic carbocycles. The lowest BCUT2D eigenvalue weighted by atomic mass is 9.58. The van der Waals surface area contributed by atoms with E-state index in [2.05, 4.69) is 16.0 Å². The summed E-state index contributed by atoms with van der Waals surface area (Å²) in [5.74, 6) is -16.0. The van der Waals surface area contributed by atoms with Crippen LogP contribution in [0.25, 0.3) is 0 Å². The fourth-order valence-electron chi connectivity index (χ4n) is 16.8. The summed E-state index contributed by atoms with van der Waals surface area (Å²) in [5.41, 5.74) is -2.22. The average molecular weight is 1510 g/mol. The van der Waals surface area contributed by atoms with Crippen molar-refractivity contribution in [2.45, 2.75) is 249 Å². The van der Waals surface area contributed by atoms with Crippen molar-refractivity contribution in [1.29, 1.82) is 0 Å². The van der Waals surface area contributed by atoms with E-state index < -0.39 is 210 Å². The molecule has 2 saturated heterocycles. The zero-order valence-corrected chi connectivity index (χ0v) is 65.6. The summed E-state index contributed by atoms with van der Waals surface area (Å²) < 4.78 is 83.6. The van der Waals surface area contributed by atoms with Gasteiger partial charge < -0.3 is 69.5 Å². The maximum Gasteiger partial charge on any atom is 0.394 e. The maximum atomic E-state index is 15.7. The number of halogens is 5. The van der Waals surface area contributed by atoms with Crippen LogP contribution >= 0.6 is 0 Å². The molecule has 0 radical (unpaired) electrons. The van der Waals surface area contributed by atoms with Crippen molar-refractivity contribution in [1.82, 2.24) is 60.0 Å². The quantitative estimate of drug-likeness (QED) is 0.132. The highest BCUT2D eigenvalue weighted by Gasteiger charge is 2.59. The Morgan fingerprint density at radius 3 is 1.90 bits per heavy atom. The molecule has 3 heterocycles. The van der Waals surface area contributed by atoms with E-state index in [1.54, 1.807) is 32.9 Å². The molecule has 0 aromatic carbocycles. The molecule has 106 heavy (non-hydrogen) atoms. The van der Waals surface area contributed by atoms with Gasteiger partial charge in [-0.1, -0.05) is 79.9 Å². The molecule has 13 atom stereocenters. The number of alkyl halides is 5. The summed E-state index contributed by atoms with van der Waals surface area (Å²) in [6.07, 6.45) is -2.79. The van der Waals surface area contributed by atoms with Gasteiger partial charge in [0.2, 0.25) is 76.8 Å². The fourth-order valence-corrected chi connectivity index (χ4v) is 16.8. The van der Waals surface area contributed by atoms with Crippen LogP contribution in [0.5, 0.6) is 0 Å². The van der Waals surface area contributed by atoms with Crippen LogP contribution < -0.4 is 16.0 Å². The minimum Gasteiger partial charge on any atom is -0.381 e. The van der Waals surface area contributed by atoms with Gasteiger partial charge in [0.1, 0.15) is 53.9 Å². The Balaban J connectivity index is 1.48. The van der Waals surface area contributed by atoms with Crippen molar-refractivity contribution in [3.8, 4) is 0 Å². The molecule has 6 rings (SSSR count). The predicted molar refractivity (Wildman–Crippen MR) is 384 cm³/mol. The number of methoxy groups -OCH3 is 1. The van der Waals surface area contributed by atoms with Crippen LogP contribution in [-0.2, 0) is 67.0 Å². The lowest BCUT2D eigenvalue weighted by Gasteiger charge is -2.54. The van der Waals surface area contributed by atoms with Gasteiger partial charge in [0.05, 0.1) is 38.1 Å². The molecular formula is C75H121F5N12O14. The van der Waals surface area contributed by atoms with Gasteiger partial charge in [-0.25, -0.2) is 8.78 Å². The Labute approximate surface area is 623 Å². The number of carbonyl (C=O) groups excluding carboxylic acids is 12. The molecule has 6 aliphatic rings. The number of hydrogen-bond acceptors (Lipinski definition) is 14. The first-order valence-corrected chi connectivity index (χ1v) is 38.0. The number of ether oxygens (including phenoxy) is 2. The summed E-state index contributed by atoms with van der Waals surface area (Å²) >= 11 is 0. The zero-order valence-electron chi connectivity index (χ0n) is 65.6. The third-order valence-corrected chi connectivity index (χ3v) is 23.4. The van der Waals surface area contributed by atoms with Crippen LogP contribution in [0.1, 0.15) is 177 Å². The first kappa shape index (κ1) is 87.9. The van der Waals surface area contributed by atoms with Gasteiger partial charge >= 0.3 is 6.18 Å². The molecular weight excluding hydrogens is 1390 g/mol. The van der Waals surface area contributed by atoms with E-state index >= 15 is 28.8 Å². The molecule has 5 fully saturated rings. The van der Waals surface area contributed by atoms with Crippen molar-refractivity contribution >= 4 is 70.9 Å². The standard InChI is InChI=1S/C75H121F5N12O14/c1-18-46(6)61-69(102)86(12)41-60(95)87(13)52-25-23-22-24-34-91(68(52)101)55(36-48-30-32-74(76,77)33-31-48)67(100)85(11)40-58(93)81-51(29-27-47-26-28-50(75(78,79)80)57(37-47)105-17)65(98)92-39-45(5)35-53(92)64(97)83-73(43-72(7,8)44-73)71(104)90(16)62(49(19-2)20-3)70(103)89(15)54(66(99)84(9)10)38-59(94)88(14)56(42-106-21-4)63(96)82-61/h22-23,45-57,61-62H,18-21,24-44H2,1-17H3,(H,81,93)(H,82,96)(H,83,97)/b23-22-/t45-,46-,47?,50?,51-,52-,53-,54-,55-,56-,57?,61-,62-/m0/s1. The SMILES string of the molecule is CCOC[C@H]1C(=O)N[C@@H]([C@@H](C)CC)C(=O)N(C)CC(=O)N(C)[C@H]2C/C=C\CCN(C2=O)[C@@H](CC2CCC(F)(F)CC2)C(=O)N(C)CC(=O)N[C@@H](CCC2CCC(C(F)(F)F)C(OC)C2)C(=O)N2C[C@@H](C)C[C@H]2C(=O)NC2(CC(C)(C)C2)C(=O)N(C)[C@@H](C(CC)CC)C(=O)N(C)[C@H](C(=O)N(C)C)CC(=O)N1C. The van der Waals surface area contributed by atoms with Crippen molar-refractivity contribution in [2.24, 2.45) is 40.9 Å².